The number of aromatic nitrogens is 2. The molecule has 1 rings (SSSR count). The van der Waals surface area contributed by atoms with Crippen molar-refractivity contribution >= 4 is 28.4 Å². The number of nitrogens with zero attached hydrogens (tertiary/aromatic N) is 1. The van der Waals surface area contributed by atoms with Gasteiger partial charge in [0.25, 0.3) is 5.56 Å². The van der Waals surface area contributed by atoms with Crippen LogP contribution >= 0.6 is 22.6 Å². The van der Waals surface area contributed by atoms with Crippen LogP contribution in [0.15, 0.2) is 11.1 Å². The molecule has 6 nitrogen and oxygen atoms in total. The van der Waals surface area contributed by atoms with Gasteiger partial charge in [-0.05, 0) is 29.0 Å². The van der Waals surface area contributed by atoms with Gasteiger partial charge in [0.2, 0.25) is 0 Å². The Kier molecular flexibility index (Phi) is 6.34. The topological polar surface area (TPSA) is 93.0 Å². The zero-order chi connectivity index (χ0) is 11.8. The number of rotatable bonds is 7. The SMILES string of the molecule is NCCOCCCNc1nc[nH]c(=O)c1I. The van der Waals surface area contributed by atoms with E-state index in [2.05, 4.69) is 15.3 Å². The highest BCUT2D eigenvalue weighted by Gasteiger charge is 2.03. The maximum absolute atomic E-state index is 11.2. The van der Waals surface area contributed by atoms with Crippen molar-refractivity contribution in [3.05, 3.63) is 20.3 Å². The van der Waals surface area contributed by atoms with E-state index in [9.17, 15) is 4.79 Å². The van der Waals surface area contributed by atoms with E-state index in [1.165, 1.54) is 6.33 Å². The monoisotopic (exact) mass is 338 g/mol. The Balaban J connectivity index is 2.27. The van der Waals surface area contributed by atoms with Gasteiger partial charge in [0, 0.05) is 19.7 Å². The molecule has 0 saturated carbocycles. The molecule has 0 bridgehead atoms. The van der Waals surface area contributed by atoms with Gasteiger partial charge < -0.3 is 20.8 Å². The number of aromatic amines is 1. The highest BCUT2D eigenvalue weighted by Crippen LogP contribution is 2.08. The van der Waals surface area contributed by atoms with Crippen LogP contribution in [0, 0.1) is 3.57 Å². The zero-order valence-electron chi connectivity index (χ0n) is 8.83. The first kappa shape index (κ1) is 13.4. The summed E-state index contributed by atoms with van der Waals surface area (Å²) < 4.78 is 5.79. The lowest BCUT2D eigenvalue weighted by Gasteiger charge is -2.06. The minimum atomic E-state index is -0.127. The van der Waals surface area contributed by atoms with Crippen LogP contribution in [0.1, 0.15) is 6.42 Å². The number of halogens is 1. The maximum atomic E-state index is 11.2. The molecule has 1 heterocycles. The van der Waals surface area contributed by atoms with Crippen LogP contribution in [-0.2, 0) is 4.74 Å². The Morgan fingerprint density at radius 2 is 2.38 bits per heavy atom. The van der Waals surface area contributed by atoms with Crippen molar-refractivity contribution < 1.29 is 4.74 Å². The fraction of sp³-hybridized carbons (Fsp3) is 0.556. The van der Waals surface area contributed by atoms with Crippen LogP contribution in [0.25, 0.3) is 0 Å². The van der Waals surface area contributed by atoms with Crippen LogP contribution in [0.3, 0.4) is 0 Å². The molecule has 0 spiro atoms. The van der Waals surface area contributed by atoms with Gasteiger partial charge in [-0.15, -0.1) is 0 Å². The van der Waals surface area contributed by atoms with Crippen LogP contribution in [-0.4, -0.2) is 36.3 Å². The fourth-order valence-electron chi connectivity index (χ4n) is 1.07. The van der Waals surface area contributed by atoms with E-state index in [1.54, 1.807) is 0 Å². The lowest BCUT2D eigenvalue weighted by molar-refractivity contribution is 0.141. The number of nitrogens with one attached hydrogen (secondary N) is 2. The van der Waals surface area contributed by atoms with Gasteiger partial charge in [-0.3, -0.25) is 4.79 Å². The third kappa shape index (κ3) is 4.45. The summed E-state index contributed by atoms with van der Waals surface area (Å²) in [5.41, 5.74) is 5.15. The number of anilines is 1. The van der Waals surface area contributed by atoms with Crippen molar-refractivity contribution in [2.75, 3.05) is 31.6 Å². The van der Waals surface area contributed by atoms with Gasteiger partial charge >= 0.3 is 0 Å². The van der Waals surface area contributed by atoms with E-state index in [-0.39, 0.29) is 5.56 Å². The molecule has 0 amide bonds. The summed E-state index contributed by atoms with van der Waals surface area (Å²) in [7, 11) is 0. The molecule has 90 valence electrons. The molecule has 1 aromatic heterocycles. The predicted octanol–water partition coefficient (Wildman–Crippen LogP) is 0.152. The minimum absolute atomic E-state index is 0.127. The van der Waals surface area contributed by atoms with E-state index in [1.807, 2.05) is 22.6 Å². The van der Waals surface area contributed by atoms with Crippen molar-refractivity contribution in [2.45, 2.75) is 6.42 Å². The molecule has 0 aliphatic rings. The highest BCUT2D eigenvalue weighted by atomic mass is 127. The molecule has 0 aliphatic carbocycles. The standard InChI is InChI=1S/C9H15IN4O2/c10-7-8(13-6-14-9(7)15)12-3-1-4-16-5-2-11/h6H,1-5,11H2,(H2,12,13,14,15). The summed E-state index contributed by atoms with van der Waals surface area (Å²) in [5, 5.41) is 3.08. The first-order chi connectivity index (χ1) is 7.75. The fourth-order valence-corrected chi connectivity index (χ4v) is 1.56. The molecule has 4 N–H and O–H groups in total. The molecule has 0 unspecified atom stereocenters. The number of hydrogen-bond acceptors (Lipinski definition) is 5. The molecule has 0 fully saturated rings. The van der Waals surface area contributed by atoms with Gasteiger partial charge in [-0.25, -0.2) is 4.98 Å². The molecule has 0 saturated heterocycles. The quantitative estimate of drug-likeness (QED) is 0.486. The van der Waals surface area contributed by atoms with Gasteiger partial charge in [0.15, 0.2) is 0 Å². The van der Waals surface area contributed by atoms with Crippen LogP contribution in [0.4, 0.5) is 5.82 Å². The third-order valence-electron chi connectivity index (χ3n) is 1.82. The van der Waals surface area contributed by atoms with Gasteiger partial charge in [-0.2, -0.15) is 0 Å². The first-order valence-corrected chi connectivity index (χ1v) is 6.08. The first-order valence-electron chi connectivity index (χ1n) is 5.00. The van der Waals surface area contributed by atoms with Crippen molar-refractivity contribution in [2.24, 2.45) is 5.73 Å². The van der Waals surface area contributed by atoms with Gasteiger partial charge in [0.1, 0.15) is 9.39 Å². The molecule has 0 atom stereocenters. The summed E-state index contributed by atoms with van der Waals surface area (Å²) in [5.74, 6) is 0.614. The Labute approximate surface area is 107 Å². The van der Waals surface area contributed by atoms with Crippen molar-refractivity contribution in [1.29, 1.82) is 0 Å². The smallest absolute Gasteiger partial charge is 0.266 e. The van der Waals surface area contributed by atoms with Crippen LogP contribution in [0.5, 0.6) is 0 Å². The normalized spacial score (nSPS) is 10.4. The van der Waals surface area contributed by atoms with E-state index in [0.717, 1.165) is 13.0 Å². The second kappa shape index (κ2) is 7.58. The molecule has 7 heteroatoms. The lowest BCUT2D eigenvalue weighted by atomic mass is 10.4. The zero-order valence-corrected chi connectivity index (χ0v) is 11.0. The van der Waals surface area contributed by atoms with Crippen molar-refractivity contribution in [3.63, 3.8) is 0 Å². The number of hydrogen-bond donors (Lipinski definition) is 3. The summed E-state index contributed by atoms with van der Waals surface area (Å²) >= 11 is 1.96. The van der Waals surface area contributed by atoms with Crippen molar-refractivity contribution in [3.8, 4) is 0 Å². The van der Waals surface area contributed by atoms with Crippen LogP contribution < -0.4 is 16.6 Å². The molecule has 16 heavy (non-hydrogen) atoms. The predicted molar refractivity (Wildman–Crippen MR) is 70.6 cm³/mol. The van der Waals surface area contributed by atoms with E-state index >= 15 is 0 Å². The lowest BCUT2D eigenvalue weighted by Crippen LogP contribution is -2.16. The van der Waals surface area contributed by atoms with Gasteiger partial charge in [0.05, 0.1) is 12.9 Å². The summed E-state index contributed by atoms with van der Waals surface area (Å²) in [6, 6.07) is 0. The molecule has 0 aromatic carbocycles. The van der Waals surface area contributed by atoms with E-state index < -0.39 is 0 Å². The second-order valence-electron chi connectivity index (χ2n) is 3.08. The number of nitrogens with two attached hydrogens (primary N) is 1. The van der Waals surface area contributed by atoms with Gasteiger partial charge in [-0.1, -0.05) is 0 Å². The average molecular weight is 338 g/mol. The molecular formula is C9H15IN4O2. The largest absolute Gasteiger partial charge is 0.380 e. The van der Waals surface area contributed by atoms with Crippen LogP contribution in [0.2, 0.25) is 0 Å². The molecule has 1 aromatic rings. The number of H-pyrrole nitrogens is 1. The van der Waals surface area contributed by atoms with Crippen molar-refractivity contribution in [1.82, 2.24) is 9.97 Å². The molecule has 0 aliphatic heterocycles. The Morgan fingerprint density at radius 1 is 1.56 bits per heavy atom. The van der Waals surface area contributed by atoms with E-state index in [4.69, 9.17) is 10.5 Å². The summed E-state index contributed by atoms with van der Waals surface area (Å²) in [6.45, 7) is 2.50. The Hall–Kier alpha value is -0.670. The highest BCUT2D eigenvalue weighted by molar-refractivity contribution is 14.1. The Bertz CT molecular complexity index is 369. The molecular weight excluding hydrogens is 323 g/mol. The number of ether oxygens (including phenoxy) is 1. The Morgan fingerprint density at radius 3 is 3.12 bits per heavy atom. The third-order valence-corrected chi connectivity index (χ3v) is 2.82. The minimum Gasteiger partial charge on any atom is -0.380 e. The summed E-state index contributed by atoms with van der Waals surface area (Å²) in [6.07, 6.45) is 2.24. The summed E-state index contributed by atoms with van der Waals surface area (Å²) in [4.78, 5) is 17.8. The van der Waals surface area contributed by atoms with E-state index in [0.29, 0.717) is 29.1 Å². The maximum Gasteiger partial charge on any atom is 0.266 e. The second-order valence-corrected chi connectivity index (χ2v) is 4.15. The average Bonchev–Trinajstić information content (AvgIpc) is 2.29. The molecule has 0 radical (unpaired) electrons.